The van der Waals surface area contributed by atoms with Gasteiger partial charge in [0, 0.05) is 6.54 Å². The number of amides is 3. The zero-order chi connectivity index (χ0) is 26.3. The van der Waals surface area contributed by atoms with E-state index < -0.39 is 35.6 Å². The van der Waals surface area contributed by atoms with E-state index in [2.05, 4.69) is 10.6 Å². The summed E-state index contributed by atoms with van der Waals surface area (Å²) in [5.41, 5.74) is 2.23. The SMILES string of the molecule is CCCN(C(=O)C(C)NC(=O)OC(C)(C)C)C(C(=O)Nc1c(C)cccc1Cl)c1cccc(C)c1. The Labute approximate surface area is 213 Å². The Hall–Kier alpha value is -3.06. The number of para-hydroxylation sites is 1. The summed E-state index contributed by atoms with van der Waals surface area (Å²) in [6, 6.07) is 11.0. The molecule has 0 saturated heterocycles. The molecule has 2 rings (SSSR count). The maximum Gasteiger partial charge on any atom is 0.408 e. The highest BCUT2D eigenvalue weighted by Crippen LogP contribution is 2.29. The fourth-order valence-corrected chi connectivity index (χ4v) is 3.97. The molecule has 0 bridgehead atoms. The topological polar surface area (TPSA) is 87.7 Å². The first-order valence-corrected chi connectivity index (χ1v) is 12.1. The van der Waals surface area contributed by atoms with Gasteiger partial charge in [-0.15, -0.1) is 0 Å². The van der Waals surface area contributed by atoms with E-state index >= 15 is 0 Å². The summed E-state index contributed by atoms with van der Waals surface area (Å²) >= 11 is 6.36. The molecule has 190 valence electrons. The van der Waals surface area contributed by atoms with Crippen molar-refractivity contribution in [3.8, 4) is 0 Å². The summed E-state index contributed by atoms with van der Waals surface area (Å²) in [5, 5.41) is 5.93. The number of aryl methyl sites for hydroxylation is 2. The van der Waals surface area contributed by atoms with Crippen molar-refractivity contribution in [2.24, 2.45) is 0 Å². The van der Waals surface area contributed by atoms with Crippen molar-refractivity contribution in [1.29, 1.82) is 0 Å². The molecule has 0 heterocycles. The van der Waals surface area contributed by atoms with Gasteiger partial charge in [-0.25, -0.2) is 4.79 Å². The number of benzene rings is 2. The summed E-state index contributed by atoms with van der Waals surface area (Å²) < 4.78 is 5.30. The molecule has 0 aliphatic rings. The fraction of sp³-hybridized carbons (Fsp3) is 0.444. The Morgan fingerprint density at radius 1 is 1.09 bits per heavy atom. The number of hydrogen-bond acceptors (Lipinski definition) is 4. The van der Waals surface area contributed by atoms with E-state index in [0.29, 0.717) is 29.2 Å². The van der Waals surface area contributed by atoms with E-state index in [-0.39, 0.29) is 0 Å². The Bertz CT molecular complexity index is 1040. The van der Waals surface area contributed by atoms with Crippen LogP contribution in [0.15, 0.2) is 42.5 Å². The molecule has 0 fully saturated rings. The summed E-state index contributed by atoms with van der Waals surface area (Å²) in [6.45, 7) is 12.8. The minimum atomic E-state index is -0.930. The van der Waals surface area contributed by atoms with Gasteiger partial charge in [-0.3, -0.25) is 9.59 Å². The van der Waals surface area contributed by atoms with E-state index in [1.54, 1.807) is 33.8 Å². The Morgan fingerprint density at radius 3 is 2.31 bits per heavy atom. The summed E-state index contributed by atoms with van der Waals surface area (Å²) in [5.74, 6) is -0.784. The lowest BCUT2D eigenvalue weighted by atomic mass is 10.0. The van der Waals surface area contributed by atoms with Crippen LogP contribution in [0.5, 0.6) is 0 Å². The molecular formula is C27H36ClN3O4. The van der Waals surface area contributed by atoms with E-state index in [0.717, 1.165) is 11.1 Å². The number of ether oxygens (including phenoxy) is 1. The minimum Gasteiger partial charge on any atom is -0.444 e. The van der Waals surface area contributed by atoms with E-state index in [1.807, 2.05) is 57.2 Å². The van der Waals surface area contributed by atoms with Crippen molar-refractivity contribution in [3.63, 3.8) is 0 Å². The van der Waals surface area contributed by atoms with Crippen molar-refractivity contribution < 1.29 is 19.1 Å². The lowest BCUT2D eigenvalue weighted by molar-refractivity contribution is -0.140. The van der Waals surface area contributed by atoms with Gasteiger partial charge in [0.1, 0.15) is 17.7 Å². The monoisotopic (exact) mass is 501 g/mol. The van der Waals surface area contributed by atoms with E-state index in [1.165, 1.54) is 4.90 Å². The molecule has 0 saturated carbocycles. The maximum atomic E-state index is 13.7. The van der Waals surface area contributed by atoms with Crippen molar-refractivity contribution in [2.45, 2.75) is 72.6 Å². The average Bonchev–Trinajstić information content (AvgIpc) is 2.74. The summed E-state index contributed by atoms with van der Waals surface area (Å²) in [6.07, 6.45) is -0.0796. The molecule has 2 aromatic rings. The number of halogens is 1. The molecule has 0 spiro atoms. The first kappa shape index (κ1) is 28.2. The van der Waals surface area contributed by atoms with Crippen LogP contribution < -0.4 is 10.6 Å². The van der Waals surface area contributed by atoms with Crippen LogP contribution in [0.1, 0.15) is 63.8 Å². The molecule has 2 unspecified atom stereocenters. The largest absolute Gasteiger partial charge is 0.444 e. The second kappa shape index (κ2) is 12.1. The molecule has 2 N–H and O–H groups in total. The van der Waals surface area contributed by atoms with Crippen LogP contribution >= 0.6 is 11.6 Å². The summed E-state index contributed by atoms with van der Waals surface area (Å²) in [4.78, 5) is 41.1. The van der Waals surface area contributed by atoms with Gasteiger partial charge in [-0.1, -0.05) is 60.5 Å². The van der Waals surface area contributed by atoms with Crippen molar-refractivity contribution in [1.82, 2.24) is 10.2 Å². The highest BCUT2D eigenvalue weighted by Gasteiger charge is 2.34. The van der Waals surface area contributed by atoms with Crippen LogP contribution in [0.25, 0.3) is 0 Å². The molecule has 3 amide bonds. The second-order valence-electron chi connectivity index (χ2n) is 9.64. The Kier molecular flexibility index (Phi) is 9.72. The van der Waals surface area contributed by atoms with Crippen molar-refractivity contribution in [2.75, 3.05) is 11.9 Å². The Balaban J connectivity index is 2.43. The summed E-state index contributed by atoms with van der Waals surface area (Å²) in [7, 11) is 0. The van der Waals surface area contributed by atoms with Gasteiger partial charge < -0.3 is 20.3 Å². The van der Waals surface area contributed by atoms with Gasteiger partial charge in [0.15, 0.2) is 0 Å². The number of rotatable bonds is 8. The number of hydrogen-bond donors (Lipinski definition) is 2. The van der Waals surface area contributed by atoms with Gasteiger partial charge in [-0.05, 0) is 65.2 Å². The van der Waals surface area contributed by atoms with Crippen LogP contribution in [-0.2, 0) is 14.3 Å². The van der Waals surface area contributed by atoms with Gasteiger partial charge in [-0.2, -0.15) is 0 Å². The predicted octanol–water partition coefficient (Wildman–Crippen LogP) is 5.79. The highest BCUT2D eigenvalue weighted by atomic mass is 35.5. The molecule has 7 nitrogen and oxygen atoms in total. The number of anilines is 1. The molecular weight excluding hydrogens is 466 g/mol. The Morgan fingerprint density at radius 2 is 1.74 bits per heavy atom. The molecule has 2 aromatic carbocycles. The predicted molar refractivity (Wildman–Crippen MR) is 140 cm³/mol. The maximum absolute atomic E-state index is 13.7. The number of nitrogens with zero attached hydrogens (tertiary/aromatic N) is 1. The van der Waals surface area contributed by atoms with Crippen LogP contribution in [-0.4, -0.2) is 41.0 Å². The van der Waals surface area contributed by atoms with Crippen LogP contribution in [0.2, 0.25) is 5.02 Å². The van der Waals surface area contributed by atoms with Crippen LogP contribution in [0.3, 0.4) is 0 Å². The number of carbonyl (C=O) groups is 3. The molecule has 0 aliphatic heterocycles. The number of carbonyl (C=O) groups excluding carboxylic acids is 3. The van der Waals surface area contributed by atoms with Gasteiger partial charge in [0.2, 0.25) is 5.91 Å². The lowest BCUT2D eigenvalue weighted by Gasteiger charge is -2.33. The molecule has 2 atom stereocenters. The fourth-order valence-electron chi connectivity index (χ4n) is 3.70. The lowest BCUT2D eigenvalue weighted by Crippen LogP contribution is -2.51. The minimum absolute atomic E-state index is 0.312. The van der Waals surface area contributed by atoms with Gasteiger partial charge in [0.25, 0.3) is 5.91 Å². The zero-order valence-electron chi connectivity index (χ0n) is 21.6. The van der Waals surface area contributed by atoms with Crippen molar-refractivity contribution in [3.05, 3.63) is 64.2 Å². The average molecular weight is 502 g/mol. The third-order valence-corrected chi connectivity index (χ3v) is 5.55. The zero-order valence-corrected chi connectivity index (χ0v) is 22.3. The van der Waals surface area contributed by atoms with Gasteiger partial charge >= 0.3 is 6.09 Å². The first-order chi connectivity index (χ1) is 16.3. The molecule has 8 heteroatoms. The molecule has 35 heavy (non-hydrogen) atoms. The first-order valence-electron chi connectivity index (χ1n) is 11.8. The quantitative estimate of drug-likeness (QED) is 0.479. The molecule has 0 aromatic heterocycles. The molecule has 0 aliphatic carbocycles. The number of nitrogens with one attached hydrogen (secondary N) is 2. The van der Waals surface area contributed by atoms with E-state index in [9.17, 15) is 14.4 Å². The number of alkyl carbamates (subject to hydrolysis) is 1. The standard InChI is InChI=1S/C27H36ClN3O4/c1-8-15-31(25(33)19(4)29-26(34)35-27(5,6)7)23(20-13-9-11-17(2)16-20)24(32)30-22-18(3)12-10-14-21(22)28/h9-14,16,19,23H,8,15H2,1-7H3,(H,29,34)(H,30,32). The molecule has 0 radical (unpaired) electrons. The van der Waals surface area contributed by atoms with E-state index in [4.69, 9.17) is 16.3 Å². The second-order valence-corrected chi connectivity index (χ2v) is 10.0. The third kappa shape index (κ3) is 7.99. The normalized spacial score (nSPS) is 12.9. The van der Waals surface area contributed by atoms with Crippen LogP contribution in [0.4, 0.5) is 10.5 Å². The van der Waals surface area contributed by atoms with Gasteiger partial charge in [0.05, 0.1) is 10.7 Å². The van der Waals surface area contributed by atoms with Crippen molar-refractivity contribution >= 4 is 35.2 Å². The smallest absolute Gasteiger partial charge is 0.408 e. The van der Waals surface area contributed by atoms with Crippen LogP contribution in [0, 0.1) is 13.8 Å². The third-order valence-electron chi connectivity index (χ3n) is 5.24. The highest BCUT2D eigenvalue weighted by molar-refractivity contribution is 6.34.